The van der Waals surface area contributed by atoms with Gasteiger partial charge in [0, 0.05) is 18.9 Å². The minimum Gasteiger partial charge on any atom is -0.349 e. The lowest BCUT2D eigenvalue weighted by Gasteiger charge is -2.00. The van der Waals surface area contributed by atoms with E-state index in [0.29, 0.717) is 13.0 Å². The lowest BCUT2D eigenvalue weighted by atomic mass is 10.2. The van der Waals surface area contributed by atoms with Gasteiger partial charge in [0.1, 0.15) is 0 Å². The molecule has 4 heteroatoms. The number of aromatic nitrogens is 1. The van der Waals surface area contributed by atoms with Gasteiger partial charge >= 0.3 is 0 Å². The van der Waals surface area contributed by atoms with E-state index in [4.69, 9.17) is 0 Å². The van der Waals surface area contributed by atoms with Crippen LogP contribution < -0.4 is 5.32 Å². The molecule has 0 spiro atoms. The van der Waals surface area contributed by atoms with Gasteiger partial charge < -0.3 is 5.32 Å². The summed E-state index contributed by atoms with van der Waals surface area (Å²) in [5, 5.41) is 2.45. The molecule has 0 atom stereocenters. The maximum absolute atomic E-state index is 10.5. The normalized spacial score (nSPS) is 9.23. The zero-order chi connectivity index (χ0) is 9.52. The Kier molecular flexibility index (Phi) is 3.63. The van der Waals surface area contributed by atoms with Gasteiger partial charge in [0.2, 0.25) is 6.29 Å². The molecular weight excluding hydrogens is 168 g/mol. The second kappa shape index (κ2) is 5.03. The number of rotatable bonds is 4. The van der Waals surface area contributed by atoms with Crippen LogP contribution in [-0.2, 0) is 16.0 Å². The number of nitrogens with one attached hydrogen (secondary N) is 1. The molecule has 4 nitrogen and oxygen atoms in total. The van der Waals surface area contributed by atoms with Gasteiger partial charge in [-0.05, 0) is 18.1 Å². The minimum atomic E-state index is -0.580. The predicted octanol–water partition coefficient (Wildman–Crippen LogP) is -0.0608. The topological polar surface area (TPSA) is 59.1 Å². The van der Waals surface area contributed by atoms with E-state index in [1.807, 2.05) is 12.1 Å². The molecule has 0 unspecified atom stereocenters. The molecular formula is C9H10N2O2. The van der Waals surface area contributed by atoms with E-state index in [2.05, 4.69) is 10.3 Å². The van der Waals surface area contributed by atoms with Gasteiger partial charge in [0.05, 0.1) is 0 Å². The molecule has 1 heterocycles. The van der Waals surface area contributed by atoms with Crippen LogP contribution in [0.15, 0.2) is 24.5 Å². The minimum absolute atomic E-state index is 0.267. The van der Waals surface area contributed by atoms with Crippen LogP contribution >= 0.6 is 0 Å². The summed E-state index contributed by atoms with van der Waals surface area (Å²) >= 11 is 0. The molecule has 0 aliphatic heterocycles. The predicted molar refractivity (Wildman–Crippen MR) is 47.0 cm³/mol. The van der Waals surface area contributed by atoms with Crippen LogP contribution in [0.2, 0.25) is 0 Å². The number of aldehydes is 1. The van der Waals surface area contributed by atoms with Crippen LogP contribution in [0.5, 0.6) is 0 Å². The van der Waals surface area contributed by atoms with Crippen molar-refractivity contribution in [3.05, 3.63) is 30.1 Å². The van der Waals surface area contributed by atoms with Gasteiger partial charge in [-0.2, -0.15) is 0 Å². The average Bonchev–Trinajstić information content (AvgIpc) is 2.19. The van der Waals surface area contributed by atoms with Crippen molar-refractivity contribution in [1.29, 1.82) is 0 Å². The molecule has 0 radical (unpaired) electrons. The highest BCUT2D eigenvalue weighted by molar-refractivity contribution is 6.23. The SMILES string of the molecule is O=CC(=O)NCCc1cccnc1. The maximum atomic E-state index is 10.5. The van der Waals surface area contributed by atoms with Crippen molar-refractivity contribution in [3.8, 4) is 0 Å². The zero-order valence-corrected chi connectivity index (χ0v) is 7.06. The first-order valence-electron chi connectivity index (χ1n) is 3.95. The summed E-state index contributed by atoms with van der Waals surface area (Å²) in [6, 6.07) is 3.75. The number of hydrogen-bond donors (Lipinski definition) is 1. The van der Waals surface area contributed by atoms with Crippen LogP contribution in [0.3, 0.4) is 0 Å². The Labute approximate surface area is 76.0 Å². The van der Waals surface area contributed by atoms with Crippen molar-refractivity contribution in [2.45, 2.75) is 6.42 Å². The van der Waals surface area contributed by atoms with Gasteiger partial charge in [0.15, 0.2) is 0 Å². The molecule has 68 valence electrons. The fraction of sp³-hybridized carbons (Fsp3) is 0.222. The van der Waals surface area contributed by atoms with Crippen LogP contribution in [0, 0.1) is 0 Å². The molecule has 0 fully saturated rings. The molecule has 1 aromatic rings. The smallest absolute Gasteiger partial charge is 0.284 e. The van der Waals surface area contributed by atoms with Crippen molar-refractivity contribution in [2.75, 3.05) is 6.54 Å². The second-order valence-electron chi connectivity index (χ2n) is 2.52. The highest BCUT2D eigenvalue weighted by atomic mass is 16.2. The first-order valence-corrected chi connectivity index (χ1v) is 3.95. The monoisotopic (exact) mass is 178 g/mol. The summed E-state index contributed by atoms with van der Waals surface area (Å²) in [6.45, 7) is 0.462. The summed E-state index contributed by atoms with van der Waals surface area (Å²) in [4.78, 5) is 24.4. The lowest BCUT2D eigenvalue weighted by Crippen LogP contribution is -2.26. The highest BCUT2D eigenvalue weighted by Gasteiger charge is 1.96. The van der Waals surface area contributed by atoms with Gasteiger partial charge in [-0.3, -0.25) is 14.6 Å². The molecule has 0 saturated carbocycles. The molecule has 0 aliphatic carbocycles. The number of carbonyl (C=O) groups excluding carboxylic acids is 2. The summed E-state index contributed by atoms with van der Waals surface area (Å²) in [5.41, 5.74) is 1.04. The van der Waals surface area contributed by atoms with Crippen molar-refractivity contribution >= 4 is 12.2 Å². The Morgan fingerprint density at radius 1 is 1.62 bits per heavy atom. The molecule has 1 amide bonds. The van der Waals surface area contributed by atoms with Crippen LogP contribution in [0.1, 0.15) is 5.56 Å². The molecule has 1 aromatic heterocycles. The first-order chi connectivity index (χ1) is 6.33. The molecule has 1 rings (SSSR count). The molecule has 0 bridgehead atoms. The third-order valence-electron chi connectivity index (χ3n) is 1.54. The number of pyridine rings is 1. The lowest BCUT2D eigenvalue weighted by molar-refractivity contribution is -0.131. The molecule has 0 aliphatic rings. The number of carbonyl (C=O) groups is 2. The summed E-state index contributed by atoms with van der Waals surface area (Å²) in [6.07, 6.45) is 4.37. The van der Waals surface area contributed by atoms with E-state index in [1.54, 1.807) is 12.4 Å². The zero-order valence-electron chi connectivity index (χ0n) is 7.06. The van der Waals surface area contributed by atoms with Crippen molar-refractivity contribution in [3.63, 3.8) is 0 Å². The third kappa shape index (κ3) is 3.46. The Balaban J connectivity index is 2.28. The standard InChI is InChI=1S/C9H10N2O2/c12-7-9(13)11-5-3-8-2-1-4-10-6-8/h1-2,4,6-7H,3,5H2,(H,11,13). The van der Waals surface area contributed by atoms with Crippen LogP contribution in [0.25, 0.3) is 0 Å². The van der Waals surface area contributed by atoms with Crippen LogP contribution in [-0.4, -0.2) is 23.7 Å². The van der Waals surface area contributed by atoms with E-state index < -0.39 is 5.91 Å². The number of nitrogens with zero attached hydrogens (tertiary/aromatic N) is 1. The van der Waals surface area contributed by atoms with E-state index in [0.717, 1.165) is 5.56 Å². The number of amides is 1. The Hall–Kier alpha value is -1.71. The third-order valence-corrected chi connectivity index (χ3v) is 1.54. The van der Waals surface area contributed by atoms with Crippen molar-refractivity contribution in [1.82, 2.24) is 10.3 Å². The van der Waals surface area contributed by atoms with Crippen molar-refractivity contribution < 1.29 is 9.59 Å². The second-order valence-corrected chi connectivity index (χ2v) is 2.52. The van der Waals surface area contributed by atoms with E-state index >= 15 is 0 Å². The van der Waals surface area contributed by atoms with Gasteiger partial charge in [-0.15, -0.1) is 0 Å². The summed E-state index contributed by atoms with van der Waals surface area (Å²) in [5.74, 6) is -0.580. The quantitative estimate of drug-likeness (QED) is 0.519. The van der Waals surface area contributed by atoms with Gasteiger partial charge in [-0.25, -0.2) is 0 Å². The fourth-order valence-electron chi connectivity index (χ4n) is 0.918. The Bertz CT molecular complexity index is 285. The number of hydrogen-bond acceptors (Lipinski definition) is 3. The van der Waals surface area contributed by atoms with E-state index in [1.165, 1.54) is 0 Å². The summed E-state index contributed by atoms with van der Waals surface area (Å²) < 4.78 is 0. The Morgan fingerprint density at radius 2 is 2.46 bits per heavy atom. The molecule has 1 N–H and O–H groups in total. The largest absolute Gasteiger partial charge is 0.349 e. The molecule has 0 aromatic carbocycles. The van der Waals surface area contributed by atoms with E-state index in [-0.39, 0.29) is 6.29 Å². The van der Waals surface area contributed by atoms with Gasteiger partial charge in [0.25, 0.3) is 5.91 Å². The van der Waals surface area contributed by atoms with E-state index in [9.17, 15) is 9.59 Å². The fourth-order valence-corrected chi connectivity index (χ4v) is 0.918. The maximum Gasteiger partial charge on any atom is 0.284 e. The van der Waals surface area contributed by atoms with Crippen molar-refractivity contribution in [2.24, 2.45) is 0 Å². The molecule has 0 saturated heterocycles. The van der Waals surface area contributed by atoms with Gasteiger partial charge in [-0.1, -0.05) is 6.07 Å². The highest BCUT2D eigenvalue weighted by Crippen LogP contribution is 1.94. The first kappa shape index (κ1) is 9.38. The van der Waals surface area contributed by atoms with Crippen LogP contribution in [0.4, 0.5) is 0 Å². The molecule has 13 heavy (non-hydrogen) atoms. The summed E-state index contributed by atoms with van der Waals surface area (Å²) in [7, 11) is 0. The Morgan fingerprint density at radius 3 is 3.08 bits per heavy atom. The average molecular weight is 178 g/mol.